The largest absolute Gasteiger partial charge is 0.480 e. The molecule has 2 atom stereocenters. The van der Waals surface area contributed by atoms with Crippen molar-refractivity contribution in [2.75, 3.05) is 27.2 Å². The Morgan fingerprint density at radius 3 is 2.14 bits per heavy atom. The number of aliphatic hydroxyl groups excluding tert-OH is 1. The number of carbonyl (C=O) groups excluding carboxylic acids is 2. The van der Waals surface area contributed by atoms with Crippen LogP contribution in [0.15, 0.2) is 0 Å². The van der Waals surface area contributed by atoms with Crippen molar-refractivity contribution in [2.24, 2.45) is 5.92 Å². The van der Waals surface area contributed by atoms with Gasteiger partial charge in [0.25, 0.3) is 0 Å². The molecule has 120 valence electrons. The number of carbonyl (C=O) groups is 3. The summed E-state index contributed by atoms with van der Waals surface area (Å²) in [5, 5.41) is 20.6. The van der Waals surface area contributed by atoms with Gasteiger partial charge in [-0.1, -0.05) is 0 Å². The van der Waals surface area contributed by atoms with Gasteiger partial charge >= 0.3 is 12.0 Å². The molecule has 1 fully saturated rings. The number of rotatable bonds is 4. The third-order valence-corrected chi connectivity index (χ3v) is 3.57. The van der Waals surface area contributed by atoms with Gasteiger partial charge in [0, 0.05) is 33.1 Å². The Hall–Kier alpha value is -1.83. The second-order valence-electron chi connectivity index (χ2n) is 5.50. The maximum atomic E-state index is 12.0. The number of likely N-dealkylation sites (tertiary alicyclic amines) is 1. The first-order chi connectivity index (χ1) is 9.73. The highest BCUT2D eigenvalue weighted by molar-refractivity contribution is 5.85. The van der Waals surface area contributed by atoms with E-state index in [9.17, 15) is 19.5 Å². The van der Waals surface area contributed by atoms with Gasteiger partial charge in [-0.15, -0.1) is 0 Å². The summed E-state index contributed by atoms with van der Waals surface area (Å²) in [4.78, 5) is 37.9. The zero-order valence-electron chi connectivity index (χ0n) is 12.6. The van der Waals surface area contributed by atoms with E-state index in [0.717, 1.165) is 0 Å². The quantitative estimate of drug-likeness (QED) is 0.638. The molecule has 0 aromatic carbocycles. The molecule has 21 heavy (non-hydrogen) atoms. The van der Waals surface area contributed by atoms with E-state index < -0.39 is 18.1 Å². The Balaban J connectivity index is 2.52. The monoisotopic (exact) mass is 301 g/mol. The van der Waals surface area contributed by atoms with E-state index >= 15 is 0 Å². The lowest BCUT2D eigenvalue weighted by Gasteiger charge is -2.33. The van der Waals surface area contributed by atoms with Gasteiger partial charge < -0.3 is 25.3 Å². The molecule has 0 saturated carbocycles. The van der Waals surface area contributed by atoms with Crippen LogP contribution in [0.25, 0.3) is 0 Å². The van der Waals surface area contributed by atoms with Crippen LogP contribution in [0.3, 0.4) is 0 Å². The fourth-order valence-corrected chi connectivity index (χ4v) is 2.28. The summed E-state index contributed by atoms with van der Waals surface area (Å²) in [5.74, 6) is -1.99. The molecule has 0 bridgehead atoms. The lowest BCUT2D eigenvalue weighted by Crippen LogP contribution is -2.52. The third kappa shape index (κ3) is 4.59. The Morgan fingerprint density at radius 1 is 1.24 bits per heavy atom. The lowest BCUT2D eigenvalue weighted by molar-refractivity contribution is -0.145. The van der Waals surface area contributed by atoms with Crippen molar-refractivity contribution in [3.63, 3.8) is 0 Å². The number of nitrogens with one attached hydrogen (secondary N) is 1. The number of nitrogens with zero attached hydrogens (tertiary/aromatic N) is 2. The first kappa shape index (κ1) is 17.2. The molecular formula is C13H23N3O5. The predicted molar refractivity (Wildman–Crippen MR) is 74.6 cm³/mol. The van der Waals surface area contributed by atoms with Crippen molar-refractivity contribution in [2.45, 2.75) is 31.9 Å². The summed E-state index contributed by atoms with van der Waals surface area (Å²) >= 11 is 0. The molecule has 0 spiro atoms. The lowest BCUT2D eigenvalue weighted by atomic mass is 9.95. The van der Waals surface area contributed by atoms with E-state index in [2.05, 4.69) is 5.32 Å². The average Bonchev–Trinajstić information content (AvgIpc) is 2.42. The number of urea groups is 1. The minimum atomic E-state index is -1.31. The highest BCUT2D eigenvalue weighted by Crippen LogP contribution is 2.18. The van der Waals surface area contributed by atoms with Crippen LogP contribution in [0, 0.1) is 5.92 Å². The minimum Gasteiger partial charge on any atom is -0.480 e. The third-order valence-electron chi connectivity index (χ3n) is 3.57. The molecule has 8 heteroatoms. The Bertz CT molecular complexity index is 403. The summed E-state index contributed by atoms with van der Waals surface area (Å²) in [6, 6.07) is -1.40. The molecule has 8 nitrogen and oxygen atoms in total. The van der Waals surface area contributed by atoms with Crippen molar-refractivity contribution in [3.05, 3.63) is 0 Å². The maximum absolute atomic E-state index is 12.0. The Morgan fingerprint density at radius 2 is 1.76 bits per heavy atom. The molecule has 0 aromatic heterocycles. The fourth-order valence-electron chi connectivity index (χ4n) is 2.28. The zero-order chi connectivity index (χ0) is 16.2. The highest BCUT2D eigenvalue weighted by atomic mass is 16.4. The molecule has 0 radical (unpaired) electrons. The van der Waals surface area contributed by atoms with Crippen LogP contribution >= 0.6 is 0 Å². The Labute approximate surface area is 123 Å². The van der Waals surface area contributed by atoms with Crippen molar-refractivity contribution >= 4 is 17.9 Å². The number of carboxylic acids is 1. The first-order valence-electron chi connectivity index (χ1n) is 6.91. The Kier molecular flexibility index (Phi) is 5.95. The van der Waals surface area contributed by atoms with Gasteiger partial charge in [-0.2, -0.15) is 0 Å². The SMILES string of the molecule is CC(O)C(NC(=O)C1CCN(C(=O)N(C)C)CC1)C(=O)O. The van der Waals surface area contributed by atoms with Crippen LogP contribution in [0.5, 0.6) is 0 Å². The fraction of sp³-hybridized carbons (Fsp3) is 0.769. The van der Waals surface area contributed by atoms with Gasteiger partial charge in [0.1, 0.15) is 0 Å². The van der Waals surface area contributed by atoms with Gasteiger partial charge in [0.05, 0.1) is 6.10 Å². The standard InChI is InChI=1S/C13H23N3O5/c1-8(17)10(12(19)20)14-11(18)9-4-6-16(7-5-9)13(21)15(2)3/h8-10,17H,4-7H2,1-3H3,(H,14,18)(H,19,20). The summed E-state index contributed by atoms with van der Waals surface area (Å²) < 4.78 is 0. The van der Waals surface area contributed by atoms with E-state index in [1.807, 2.05) is 0 Å². The average molecular weight is 301 g/mol. The van der Waals surface area contributed by atoms with E-state index in [1.165, 1.54) is 11.8 Å². The molecule has 2 unspecified atom stereocenters. The summed E-state index contributed by atoms with van der Waals surface area (Å²) in [5.41, 5.74) is 0. The smallest absolute Gasteiger partial charge is 0.328 e. The van der Waals surface area contributed by atoms with Crippen LogP contribution in [-0.2, 0) is 9.59 Å². The molecule has 1 aliphatic heterocycles. The van der Waals surface area contributed by atoms with Gasteiger partial charge in [0.15, 0.2) is 6.04 Å². The molecule has 1 aliphatic rings. The zero-order valence-corrected chi connectivity index (χ0v) is 12.6. The number of aliphatic carboxylic acids is 1. The molecule has 1 rings (SSSR count). The van der Waals surface area contributed by atoms with Gasteiger partial charge in [-0.25, -0.2) is 9.59 Å². The first-order valence-corrected chi connectivity index (χ1v) is 6.91. The van der Waals surface area contributed by atoms with Crippen molar-refractivity contribution in [1.29, 1.82) is 0 Å². The van der Waals surface area contributed by atoms with Crippen LogP contribution < -0.4 is 5.32 Å². The van der Waals surface area contributed by atoms with Crippen LogP contribution in [-0.4, -0.2) is 77.3 Å². The molecule has 1 heterocycles. The summed E-state index contributed by atoms with van der Waals surface area (Å²) in [7, 11) is 3.34. The normalized spacial score (nSPS) is 18.8. The minimum absolute atomic E-state index is 0.0961. The van der Waals surface area contributed by atoms with Gasteiger partial charge in [-0.3, -0.25) is 4.79 Å². The van der Waals surface area contributed by atoms with Crippen LogP contribution in [0.4, 0.5) is 4.79 Å². The molecular weight excluding hydrogens is 278 g/mol. The number of amides is 3. The number of carboxylic acid groups (broad SMARTS) is 1. The second-order valence-corrected chi connectivity index (χ2v) is 5.50. The number of hydrogen-bond donors (Lipinski definition) is 3. The van der Waals surface area contributed by atoms with Crippen LogP contribution in [0.1, 0.15) is 19.8 Å². The summed E-state index contributed by atoms with van der Waals surface area (Å²) in [6.45, 7) is 2.24. The van der Waals surface area contributed by atoms with Gasteiger partial charge in [-0.05, 0) is 19.8 Å². The highest BCUT2D eigenvalue weighted by Gasteiger charge is 2.31. The number of hydrogen-bond acceptors (Lipinski definition) is 4. The molecule has 3 N–H and O–H groups in total. The maximum Gasteiger partial charge on any atom is 0.328 e. The molecule has 0 aromatic rings. The summed E-state index contributed by atoms with van der Waals surface area (Å²) in [6.07, 6.45) is -0.198. The number of piperidine rings is 1. The second kappa shape index (κ2) is 7.26. The van der Waals surface area contributed by atoms with Crippen molar-refractivity contribution in [3.8, 4) is 0 Å². The van der Waals surface area contributed by atoms with E-state index in [4.69, 9.17) is 5.11 Å². The topological polar surface area (TPSA) is 110 Å². The van der Waals surface area contributed by atoms with Crippen LogP contribution in [0.2, 0.25) is 0 Å². The number of aliphatic hydroxyl groups is 1. The van der Waals surface area contributed by atoms with Crippen molar-refractivity contribution in [1.82, 2.24) is 15.1 Å². The predicted octanol–water partition coefficient (Wildman–Crippen LogP) is -0.670. The van der Waals surface area contributed by atoms with Crippen molar-refractivity contribution < 1.29 is 24.6 Å². The van der Waals surface area contributed by atoms with E-state index in [0.29, 0.717) is 25.9 Å². The van der Waals surface area contributed by atoms with E-state index in [1.54, 1.807) is 19.0 Å². The van der Waals surface area contributed by atoms with Gasteiger partial charge in [0.2, 0.25) is 5.91 Å². The molecule has 1 saturated heterocycles. The molecule has 0 aliphatic carbocycles. The van der Waals surface area contributed by atoms with E-state index in [-0.39, 0.29) is 17.9 Å². The molecule has 3 amide bonds.